The molecule has 0 heterocycles. The highest BCUT2D eigenvalue weighted by atomic mass is 35.5. The standard InChI is InChI=1S/C14H12N2.ClH/c15-9-11-1-5-13(6-2-11)14-7-3-12(10-16)4-8-14;/h1-8H,9,15H2;1H. The maximum Gasteiger partial charge on any atom is 0.0991 e. The van der Waals surface area contributed by atoms with Crippen molar-refractivity contribution in [2.75, 3.05) is 0 Å². The largest absolute Gasteiger partial charge is 0.326 e. The van der Waals surface area contributed by atoms with Gasteiger partial charge < -0.3 is 5.73 Å². The van der Waals surface area contributed by atoms with E-state index >= 15 is 0 Å². The second kappa shape index (κ2) is 6.05. The van der Waals surface area contributed by atoms with Gasteiger partial charge >= 0.3 is 0 Å². The lowest BCUT2D eigenvalue weighted by atomic mass is 10.0. The summed E-state index contributed by atoms with van der Waals surface area (Å²) >= 11 is 0. The lowest BCUT2D eigenvalue weighted by Gasteiger charge is -2.03. The minimum atomic E-state index is 0. The van der Waals surface area contributed by atoms with Gasteiger partial charge in [-0.05, 0) is 28.8 Å². The number of benzene rings is 2. The average molecular weight is 245 g/mol. The molecule has 0 fully saturated rings. The third-order valence-corrected chi connectivity index (χ3v) is 2.54. The Morgan fingerprint density at radius 3 is 1.76 bits per heavy atom. The van der Waals surface area contributed by atoms with Crippen LogP contribution in [0.3, 0.4) is 0 Å². The van der Waals surface area contributed by atoms with Gasteiger partial charge in [-0.2, -0.15) is 5.26 Å². The normalized spacial score (nSPS) is 9.18. The first kappa shape index (κ1) is 13.2. The van der Waals surface area contributed by atoms with Crippen LogP contribution in [0, 0.1) is 11.3 Å². The van der Waals surface area contributed by atoms with Crippen molar-refractivity contribution in [3.05, 3.63) is 59.7 Å². The van der Waals surface area contributed by atoms with Crippen LogP contribution in [0.4, 0.5) is 0 Å². The zero-order chi connectivity index (χ0) is 11.4. The molecule has 0 bridgehead atoms. The average Bonchev–Trinajstić information content (AvgIpc) is 2.39. The molecule has 0 unspecified atom stereocenters. The number of hydrogen-bond donors (Lipinski definition) is 1. The third kappa shape index (κ3) is 3.07. The van der Waals surface area contributed by atoms with E-state index in [1.807, 2.05) is 48.5 Å². The number of halogens is 1. The van der Waals surface area contributed by atoms with E-state index in [2.05, 4.69) is 6.07 Å². The predicted octanol–water partition coefficient (Wildman–Crippen LogP) is 3.11. The van der Waals surface area contributed by atoms with Crippen molar-refractivity contribution in [1.82, 2.24) is 0 Å². The molecule has 0 radical (unpaired) electrons. The Morgan fingerprint density at radius 2 is 1.35 bits per heavy atom. The molecule has 0 aliphatic rings. The lowest BCUT2D eigenvalue weighted by Crippen LogP contribution is -1.95. The maximum absolute atomic E-state index is 8.70. The first-order chi connectivity index (χ1) is 7.83. The van der Waals surface area contributed by atoms with E-state index in [0.717, 1.165) is 16.7 Å². The first-order valence-corrected chi connectivity index (χ1v) is 5.13. The van der Waals surface area contributed by atoms with Crippen molar-refractivity contribution in [3.63, 3.8) is 0 Å². The molecule has 17 heavy (non-hydrogen) atoms. The SMILES string of the molecule is Cl.N#Cc1ccc(-c2ccc(CN)cc2)cc1. The van der Waals surface area contributed by atoms with E-state index < -0.39 is 0 Å². The number of rotatable bonds is 2. The fraction of sp³-hybridized carbons (Fsp3) is 0.0714. The van der Waals surface area contributed by atoms with Crippen LogP contribution in [0.1, 0.15) is 11.1 Å². The van der Waals surface area contributed by atoms with Gasteiger partial charge in [0, 0.05) is 6.54 Å². The van der Waals surface area contributed by atoms with Crippen molar-refractivity contribution in [2.45, 2.75) is 6.54 Å². The number of nitriles is 1. The van der Waals surface area contributed by atoms with Crippen molar-refractivity contribution in [1.29, 1.82) is 5.26 Å². The summed E-state index contributed by atoms with van der Waals surface area (Å²) in [4.78, 5) is 0. The highest BCUT2D eigenvalue weighted by Gasteiger charge is 1.97. The van der Waals surface area contributed by atoms with Crippen LogP contribution >= 0.6 is 12.4 Å². The van der Waals surface area contributed by atoms with Crippen molar-refractivity contribution >= 4 is 12.4 Å². The summed E-state index contributed by atoms with van der Waals surface area (Å²) in [6.45, 7) is 0.563. The van der Waals surface area contributed by atoms with Crippen molar-refractivity contribution in [2.24, 2.45) is 5.73 Å². The van der Waals surface area contributed by atoms with Crippen LogP contribution in [0.2, 0.25) is 0 Å². The zero-order valence-electron chi connectivity index (χ0n) is 9.26. The fourth-order valence-corrected chi connectivity index (χ4v) is 1.57. The number of nitrogens with zero attached hydrogens (tertiary/aromatic N) is 1. The molecule has 0 atom stereocenters. The molecule has 0 aliphatic carbocycles. The van der Waals surface area contributed by atoms with Gasteiger partial charge in [-0.25, -0.2) is 0 Å². The minimum absolute atomic E-state index is 0. The molecular weight excluding hydrogens is 232 g/mol. The Balaban J connectivity index is 0.00000144. The Bertz CT molecular complexity index is 509. The smallest absolute Gasteiger partial charge is 0.0991 e. The Hall–Kier alpha value is -1.82. The van der Waals surface area contributed by atoms with Gasteiger partial charge in [0.1, 0.15) is 0 Å². The summed E-state index contributed by atoms with van der Waals surface area (Å²) < 4.78 is 0. The summed E-state index contributed by atoms with van der Waals surface area (Å²) in [6.07, 6.45) is 0. The van der Waals surface area contributed by atoms with Crippen LogP contribution in [-0.2, 0) is 6.54 Å². The summed E-state index contributed by atoms with van der Waals surface area (Å²) in [5.74, 6) is 0. The molecule has 2 N–H and O–H groups in total. The van der Waals surface area contributed by atoms with Gasteiger partial charge in [0.25, 0.3) is 0 Å². The number of hydrogen-bond acceptors (Lipinski definition) is 2. The minimum Gasteiger partial charge on any atom is -0.326 e. The quantitative estimate of drug-likeness (QED) is 0.883. The molecule has 86 valence electrons. The molecule has 2 rings (SSSR count). The molecule has 3 heteroatoms. The van der Waals surface area contributed by atoms with E-state index in [4.69, 9.17) is 11.0 Å². The second-order valence-electron chi connectivity index (χ2n) is 3.59. The van der Waals surface area contributed by atoms with E-state index in [0.29, 0.717) is 12.1 Å². The van der Waals surface area contributed by atoms with Crippen LogP contribution in [0.15, 0.2) is 48.5 Å². The van der Waals surface area contributed by atoms with Crippen LogP contribution < -0.4 is 5.73 Å². The molecule has 0 saturated heterocycles. The summed E-state index contributed by atoms with van der Waals surface area (Å²) in [7, 11) is 0. The summed E-state index contributed by atoms with van der Waals surface area (Å²) in [5, 5.41) is 8.70. The van der Waals surface area contributed by atoms with Crippen molar-refractivity contribution in [3.8, 4) is 17.2 Å². The zero-order valence-corrected chi connectivity index (χ0v) is 10.1. The van der Waals surface area contributed by atoms with E-state index in [-0.39, 0.29) is 12.4 Å². The summed E-state index contributed by atoms with van der Waals surface area (Å²) in [5.41, 5.74) is 9.60. The van der Waals surface area contributed by atoms with Gasteiger partial charge in [0.05, 0.1) is 11.6 Å². The predicted molar refractivity (Wildman–Crippen MR) is 71.7 cm³/mol. The molecule has 0 saturated carbocycles. The maximum atomic E-state index is 8.70. The van der Waals surface area contributed by atoms with Gasteiger partial charge in [-0.15, -0.1) is 12.4 Å². The van der Waals surface area contributed by atoms with Crippen LogP contribution in [0.5, 0.6) is 0 Å². The molecule has 0 spiro atoms. The van der Waals surface area contributed by atoms with E-state index in [9.17, 15) is 0 Å². The molecule has 2 nitrogen and oxygen atoms in total. The highest BCUT2D eigenvalue weighted by Crippen LogP contribution is 2.20. The second-order valence-corrected chi connectivity index (χ2v) is 3.59. The van der Waals surface area contributed by atoms with Crippen molar-refractivity contribution < 1.29 is 0 Å². The summed E-state index contributed by atoms with van der Waals surface area (Å²) in [6, 6.07) is 17.8. The van der Waals surface area contributed by atoms with Gasteiger partial charge in [-0.1, -0.05) is 36.4 Å². The van der Waals surface area contributed by atoms with Crippen LogP contribution in [0.25, 0.3) is 11.1 Å². The lowest BCUT2D eigenvalue weighted by molar-refractivity contribution is 1.07. The molecular formula is C14H13ClN2. The number of nitrogens with two attached hydrogens (primary N) is 1. The molecule has 0 aliphatic heterocycles. The molecule has 2 aromatic rings. The third-order valence-electron chi connectivity index (χ3n) is 2.54. The molecule has 2 aromatic carbocycles. The Labute approximate surface area is 107 Å². The van der Waals surface area contributed by atoms with Gasteiger partial charge in [-0.3, -0.25) is 0 Å². The topological polar surface area (TPSA) is 49.8 Å². The Morgan fingerprint density at radius 1 is 0.882 bits per heavy atom. The highest BCUT2D eigenvalue weighted by molar-refractivity contribution is 5.85. The molecule has 0 aromatic heterocycles. The fourth-order valence-electron chi connectivity index (χ4n) is 1.57. The molecule has 0 amide bonds. The van der Waals surface area contributed by atoms with E-state index in [1.165, 1.54) is 0 Å². The van der Waals surface area contributed by atoms with Gasteiger partial charge in [0.2, 0.25) is 0 Å². The Kier molecular flexibility index (Phi) is 4.71. The van der Waals surface area contributed by atoms with Crippen LogP contribution in [-0.4, -0.2) is 0 Å². The van der Waals surface area contributed by atoms with E-state index in [1.54, 1.807) is 0 Å². The van der Waals surface area contributed by atoms with Gasteiger partial charge in [0.15, 0.2) is 0 Å². The first-order valence-electron chi connectivity index (χ1n) is 5.13. The monoisotopic (exact) mass is 244 g/mol.